The molecule has 86 valence electrons. The summed E-state index contributed by atoms with van der Waals surface area (Å²) in [6.45, 7) is -0.211. The summed E-state index contributed by atoms with van der Waals surface area (Å²) in [5.74, 6) is -0.189. The molecule has 0 bridgehead atoms. The molecule has 0 atom stereocenters. The third-order valence-electron chi connectivity index (χ3n) is 1.78. The number of hydrogen-bond donors (Lipinski definition) is 2. The molecule has 1 aromatic rings. The maximum atomic E-state index is 10.3. The Kier molecular flexibility index (Phi) is 3.96. The van der Waals surface area contributed by atoms with E-state index in [0.717, 1.165) is 6.08 Å². The summed E-state index contributed by atoms with van der Waals surface area (Å²) >= 11 is 0. The molecule has 0 aliphatic rings. The molecule has 0 radical (unpaired) electrons. The van der Waals surface area contributed by atoms with Crippen LogP contribution in [0.5, 0.6) is 0 Å². The Morgan fingerprint density at radius 2 is 2.19 bits per heavy atom. The van der Waals surface area contributed by atoms with Gasteiger partial charge in [0.25, 0.3) is 0 Å². The van der Waals surface area contributed by atoms with Gasteiger partial charge in [0.1, 0.15) is 5.82 Å². The number of anilines is 1. The van der Waals surface area contributed by atoms with Crippen molar-refractivity contribution in [3.63, 3.8) is 0 Å². The van der Waals surface area contributed by atoms with E-state index in [1.807, 2.05) is 0 Å². The first-order valence-corrected chi connectivity index (χ1v) is 4.60. The Bertz CT molecular complexity index is 416. The minimum absolute atomic E-state index is 0.211. The number of aliphatic carboxylic acids is 1. The molecule has 0 unspecified atom stereocenters. The molecule has 0 saturated heterocycles. The normalized spacial score (nSPS) is 10.7. The Hall–Kier alpha value is -1.95. The number of carboxylic acid groups (broad SMARTS) is 1. The van der Waals surface area contributed by atoms with Crippen molar-refractivity contribution in [2.24, 2.45) is 0 Å². The Morgan fingerprint density at radius 1 is 1.50 bits per heavy atom. The highest BCUT2D eigenvalue weighted by Gasteiger charge is 2.03. The predicted molar refractivity (Wildman–Crippen MR) is 59.0 cm³/mol. The van der Waals surface area contributed by atoms with E-state index in [1.54, 1.807) is 25.1 Å². The molecule has 0 aliphatic heterocycles. The second kappa shape index (κ2) is 5.22. The van der Waals surface area contributed by atoms with Crippen molar-refractivity contribution in [2.75, 3.05) is 19.0 Å². The van der Waals surface area contributed by atoms with Gasteiger partial charge >= 0.3 is 5.97 Å². The molecular weight excluding hydrogens is 210 g/mol. The van der Waals surface area contributed by atoms with Crippen LogP contribution >= 0.6 is 0 Å². The zero-order valence-corrected chi connectivity index (χ0v) is 9.08. The average molecular weight is 223 g/mol. The molecule has 0 spiro atoms. The number of aromatic nitrogens is 2. The standard InChI is InChI=1S/C10H13N3O3/c1-13(2)9-5-7(6-14)11-8(12-9)3-4-10(15)16/h3-5,14H,6H2,1-2H3,(H,15,16). The first-order valence-electron chi connectivity index (χ1n) is 4.60. The average Bonchev–Trinajstić information content (AvgIpc) is 2.25. The van der Waals surface area contributed by atoms with Crippen molar-refractivity contribution >= 4 is 17.9 Å². The molecule has 1 rings (SSSR count). The van der Waals surface area contributed by atoms with Crippen LogP contribution < -0.4 is 4.90 Å². The lowest BCUT2D eigenvalue weighted by molar-refractivity contribution is -0.131. The fourth-order valence-electron chi connectivity index (χ4n) is 1.03. The van der Waals surface area contributed by atoms with Gasteiger partial charge in [-0.2, -0.15) is 0 Å². The maximum Gasteiger partial charge on any atom is 0.328 e. The number of nitrogens with zero attached hydrogens (tertiary/aromatic N) is 3. The van der Waals surface area contributed by atoms with Gasteiger partial charge in [-0.25, -0.2) is 14.8 Å². The molecule has 0 fully saturated rings. The fourth-order valence-corrected chi connectivity index (χ4v) is 1.03. The number of carbonyl (C=O) groups is 1. The predicted octanol–water partition coefficient (Wildman–Crippen LogP) is 0.133. The molecule has 1 aromatic heterocycles. The van der Waals surface area contributed by atoms with Gasteiger partial charge in [0.2, 0.25) is 0 Å². The number of aliphatic hydroxyl groups is 1. The van der Waals surface area contributed by atoms with Crippen LogP contribution in [0.3, 0.4) is 0 Å². The van der Waals surface area contributed by atoms with Crippen LogP contribution in [0.25, 0.3) is 6.08 Å². The third-order valence-corrected chi connectivity index (χ3v) is 1.78. The van der Waals surface area contributed by atoms with Crippen LogP contribution in [0.15, 0.2) is 12.1 Å². The SMILES string of the molecule is CN(C)c1cc(CO)nc(C=CC(=O)O)n1. The van der Waals surface area contributed by atoms with E-state index >= 15 is 0 Å². The van der Waals surface area contributed by atoms with Gasteiger partial charge < -0.3 is 15.1 Å². The van der Waals surface area contributed by atoms with Crippen molar-refractivity contribution < 1.29 is 15.0 Å². The smallest absolute Gasteiger partial charge is 0.328 e. The van der Waals surface area contributed by atoms with E-state index < -0.39 is 5.97 Å². The summed E-state index contributed by atoms with van der Waals surface area (Å²) in [7, 11) is 3.60. The van der Waals surface area contributed by atoms with Crippen LogP contribution in [0, 0.1) is 0 Å². The first kappa shape index (κ1) is 12.1. The van der Waals surface area contributed by atoms with Crippen LogP contribution in [-0.4, -0.2) is 40.2 Å². The third kappa shape index (κ3) is 3.32. The van der Waals surface area contributed by atoms with Crippen LogP contribution in [0.1, 0.15) is 11.5 Å². The van der Waals surface area contributed by atoms with Crippen molar-refractivity contribution in [3.8, 4) is 0 Å². The highest BCUT2D eigenvalue weighted by atomic mass is 16.4. The lowest BCUT2D eigenvalue weighted by Gasteiger charge is -2.12. The van der Waals surface area contributed by atoms with Gasteiger partial charge in [-0.1, -0.05) is 0 Å². The van der Waals surface area contributed by atoms with Crippen LogP contribution in [0.2, 0.25) is 0 Å². The van der Waals surface area contributed by atoms with Gasteiger partial charge in [0, 0.05) is 26.2 Å². The van der Waals surface area contributed by atoms with Crippen molar-refractivity contribution in [1.82, 2.24) is 9.97 Å². The quantitative estimate of drug-likeness (QED) is 0.706. The van der Waals surface area contributed by atoms with Gasteiger partial charge in [-0.3, -0.25) is 0 Å². The van der Waals surface area contributed by atoms with Gasteiger partial charge in [-0.15, -0.1) is 0 Å². The minimum atomic E-state index is -1.07. The summed E-state index contributed by atoms with van der Waals surface area (Å²) < 4.78 is 0. The summed E-state index contributed by atoms with van der Waals surface area (Å²) in [5.41, 5.74) is 0.448. The first-order chi connectivity index (χ1) is 7.52. The molecule has 6 heteroatoms. The summed E-state index contributed by atoms with van der Waals surface area (Å²) in [4.78, 5) is 20.2. The number of aliphatic hydroxyl groups excluding tert-OH is 1. The van der Waals surface area contributed by atoms with E-state index in [9.17, 15) is 4.79 Å². The van der Waals surface area contributed by atoms with E-state index in [4.69, 9.17) is 10.2 Å². The zero-order valence-electron chi connectivity index (χ0n) is 9.08. The molecular formula is C10H13N3O3. The van der Waals surface area contributed by atoms with Crippen molar-refractivity contribution in [2.45, 2.75) is 6.61 Å². The largest absolute Gasteiger partial charge is 0.478 e. The number of rotatable bonds is 4. The molecule has 1 heterocycles. The maximum absolute atomic E-state index is 10.3. The zero-order chi connectivity index (χ0) is 12.1. The molecule has 6 nitrogen and oxygen atoms in total. The Morgan fingerprint density at radius 3 is 2.69 bits per heavy atom. The van der Waals surface area contributed by atoms with E-state index in [1.165, 1.54) is 6.08 Å². The molecule has 0 saturated carbocycles. The topological polar surface area (TPSA) is 86.5 Å². The van der Waals surface area contributed by atoms with E-state index in [0.29, 0.717) is 11.5 Å². The lowest BCUT2D eigenvalue weighted by Crippen LogP contribution is -2.12. The molecule has 16 heavy (non-hydrogen) atoms. The molecule has 2 N–H and O–H groups in total. The molecule has 0 aliphatic carbocycles. The Labute approximate surface area is 92.9 Å². The fraction of sp³-hybridized carbons (Fsp3) is 0.300. The monoisotopic (exact) mass is 223 g/mol. The highest BCUT2D eigenvalue weighted by molar-refractivity contribution is 5.84. The van der Waals surface area contributed by atoms with Crippen LogP contribution in [-0.2, 0) is 11.4 Å². The van der Waals surface area contributed by atoms with E-state index in [-0.39, 0.29) is 12.4 Å². The molecule has 0 amide bonds. The van der Waals surface area contributed by atoms with Gasteiger partial charge in [0.05, 0.1) is 12.3 Å². The lowest BCUT2D eigenvalue weighted by atomic mass is 10.3. The van der Waals surface area contributed by atoms with Gasteiger partial charge in [0.15, 0.2) is 5.82 Å². The van der Waals surface area contributed by atoms with Crippen LogP contribution in [0.4, 0.5) is 5.82 Å². The summed E-state index contributed by atoms with van der Waals surface area (Å²) in [6, 6.07) is 1.64. The molecule has 0 aromatic carbocycles. The summed E-state index contributed by atoms with van der Waals surface area (Å²) in [6.07, 6.45) is 2.24. The number of hydrogen-bond acceptors (Lipinski definition) is 5. The van der Waals surface area contributed by atoms with Gasteiger partial charge in [-0.05, 0) is 6.08 Å². The minimum Gasteiger partial charge on any atom is -0.478 e. The second-order valence-electron chi connectivity index (χ2n) is 3.30. The number of carboxylic acids is 1. The highest BCUT2D eigenvalue weighted by Crippen LogP contribution is 2.10. The Balaban J connectivity index is 3.09. The summed E-state index contributed by atoms with van der Waals surface area (Å²) in [5, 5.41) is 17.5. The van der Waals surface area contributed by atoms with Crippen molar-refractivity contribution in [3.05, 3.63) is 23.7 Å². The van der Waals surface area contributed by atoms with Crippen molar-refractivity contribution in [1.29, 1.82) is 0 Å². The van der Waals surface area contributed by atoms with E-state index in [2.05, 4.69) is 9.97 Å². The second-order valence-corrected chi connectivity index (χ2v) is 3.30.